The number of hydrogen-bond donors (Lipinski definition) is 0. The number of thioether (sulfide) groups is 1. The maximum absolute atomic E-state index is 12.8. The van der Waals surface area contributed by atoms with Gasteiger partial charge in [-0.05, 0) is 43.0 Å². The third-order valence-electron chi connectivity index (χ3n) is 4.94. The number of hydrogen-bond acceptors (Lipinski definition) is 7. The molecule has 0 N–H and O–H groups in total. The Bertz CT molecular complexity index is 1130. The molecule has 0 unspecified atom stereocenters. The van der Waals surface area contributed by atoms with Gasteiger partial charge in [-0.2, -0.15) is 0 Å². The second-order valence-electron chi connectivity index (χ2n) is 6.58. The van der Waals surface area contributed by atoms with Gasteiger partial charge in [-0.15, -0.1) is 11.3 Å². The standard InChI is InChI=1S/C20H20N2O4S2/c1-22-19(24)17-12-5-4-6-16(12)28-18(17)21-20(22)27-10-13(23)11-7-8-14(25-2)15(9-11)26-3/h7-9H,4-6,10H2,1-3H3. The maximum atomic E-state index is 12.8. The van der Waals surface area contributed by atoms with Gasteiger partial charge in [0.05, 0.1) is 25.4 Å². The minimum atomic E-state index is -0.0611. The summed E-state index contributed by atoms with van der Waals surface area (Å²) in [5.74, 6) is 1.21. The quantitative estimate of drug-likeness (QED) is 0.348. The Labute approximate surface area is 170 Å². The van der Waals surface area contributed by atoms with Gasteiger partial charge in [0.15, 0.2) is 22.4 Å². The van der Waals surface area contributed by atoms with Gasteiger partial charge < -0.3 is 9.47 Å². The molecule has 146 valence electrons. The summed E-state index contributed by atoms with van der Waals surface area (Å²) in [6, 6.07) is 5.09. The van der Waals surface area contributed by atoms with Crippen LogP contribution in [-0.4, -0.2) is 35.3 Å². The van der Waals surface area contributed by atoms with Crippen molar-refractivity contribution in [2.24, 2.45) is 7.05 Å². The Balaban J connectivity index is 1.58. The first-order valence-corrected chi connectivity index (χ1v) is 10.7. The second-order valence-corrected chi connectivity index (χ2v) is 8.60. The first kappa shape index (κ1) is 19.0. The number of ether oxygens (including phenoxy) is 2. The molecule has 0 amide bonds. The summed E-state index contributed by atoms with van der Waals surface area (Å²) < 4.78 is 12.0. The Kier molecular flexibility index (Phi) is 5.16. The summed E-state index contributed by atoms with van der Waals surface area (Å²) in [5, 5.41) is 1.32. The van der Waals surface area contributed by atoms with E-state index in [1.807, 2.05) is 0 Å². The Morgan fingerprint density at radius 1 is 1.25 bits per heavy atom. The monoisotopic (exact) mass is 416 g/mol. The Morgan fingerprint density at radius 2 is 2.04 bits per heavy atom. The molecule has 1 aliphatic rings. The molecule has 0 spiro atoms. The van der Waals surface area contributed by atoms with Crippen LogP contribution >= 0.6 is 23.1 Å². The second kappa shape index (κ2) is 7.60. The van der Waals surface area contributed by atoms with Crippen LogP contribution in [0.25, 0.3) is 10.2 Å². The van der Waals surface area contributed by atoms with Gasteiger partial charge in [-0.25, -0.2) is 4.98 Å². The SMILES string of the molecule is COc1ccc(C(=O)CSc2nc3sc4c(c3c(=O)n2C)CCC4)cc1OC. The molecule has 1 aromatic carbocycles. The summed E-state index contributed by atoms with van der Waals surface area (Å²) in [5.41, 5.74) is 1.68. The van der Waals surface area contributed by atoms with Crippen molar-refractivity contribution in [3.05, 3.63) is 44.6 Å². The van der Waals surface area contributed by atoms with Crippen molar-refractivity contribution in [2.75, 3.05) is 20.0 Å². The van der Waals surface area contributed by atoms with Gasteiger partial charge in [0.2, 0.25) is 0 Å². The van der Waals surface area contributed by atoms with Crippen LogP contribution in [0.4, 0.5) is 0 Å². The normalized spacial score (nSPS) is 13.0. The van der Waals surface area contributed by atoms with E-state index in [1.165, 1.54) is 29.3 Å². The smallest absolute Gasteiger partial charge is 0.262 e. The predicted octanol–water partition coefficient (Wildman–Crippen LogP) is 3.48. The zero-order valence-electron chi connectivity index (χ0n) is 15.9. The number of thiophene rings is 1. The fourth-order valence-electron chi connectivity index (χ4n) is 3.46. The number of rotatable bonds is 6. The summed E-state index contributed by atoms with van der Waals surface area (Å²) in [6.45, 7) is 0. The molecule has 3 aromatic rings. The number of carbonyl (C=O) groups excluding carboxylic acids is 1. The lowest BCUT2D eigenvalue weighted by atomic mass is 10.1. The molecule has 28 heavy (non-hydrogen) atoms. The molecule has 2 heterocycles. The van der Waals surface area contributed by atoms with E-state index in [-0.39, 0.29) is 17.1 Å². The largest absolute Gasteiger partial charge is 0.493 e. The van der Waals surface area contributed by atoms with E-state index in [4.69, 9.17) is 9.47 Å². The average molecular weight is 417 g/mol. The number of methoxy groups -OCH3 is 2. The lowest BCUT2D eigenvalue weighted by Crippen LogP contribution is -2.20. The predicted molar refractivity (Wildman–Crippen MR) is 111 cm³/mol. The van der Waals surface area contributed by atoms with Crippen molar-refractivity contribution in [1.82, 2.24) is 9.55 Å². The molecule has 0 saturated carbocycles. The molecular formula is C20H20N2O4S2. The third-order valence-corrected chi connectivity index (χ3v) is 7.16. The zero-order valence-corrected chi connectivity index (χ0v) is 17.5. The van der Waals surface area contributed by atoms with Gasteiger partial charge >= 0.3 is 0 Å². The molecule has 0 bridgehead atoms. The first-order chi connectivity index (χ1) is 13.5. The molecule has 0 atom stereocenters. The van der Waals surface area contributed by atoms with E-state index in [1.54, 1.807) is 48.3 Å². The van der Waals surface area contributed by atoms with Gasteiger partial charge in [0, 0.05) is 17.5 Å². The lowest BCUT2D eigenvalue weighted by Gasteiger charge is -2.10. The van der Waals surface area contributed by atoms with E-state index in [2.05, 4.69) is 4.98 Å². The van der Waals surface area contributed by atoms with Gasteiger partial charge in [0.1, 0.15) is 4.83 Å². The van der Waals surface area contributed by atoms with E-state index in [9.17, 15) is 9.59 Å². The molecule has 4 rings (SSSR count). The highest BCUT2D eigenvalue weighted by atomic mass is 32.2. The van der Waals surface area contributed by atoms with Crippen LogP contribution in [0.15, 0.2) is 28.2 Å². The molecule has 0 radical (unpaired) electrons. The first-order valence-electron chi connectivity index (χ1n) is 8.92. The van der Waals surface area contributed by atoms with Gasteiger partial charge in [-0.1, -0.05) is 11.8 Å². The van der Waals surface area contributed by atoms with E-state index < -0.39 is 0 Å². The van der Waals surface area contributed by atoms with Crippen LogP contribution in [-0.2, 0) is 19.9 Å². The number of aromatic nitrogens is 2. The highest BCUT2D eigenvalue weighted by Gasteiger charge is 2.22. The van der Waals surface area contributed by atoms with Crippen molar-refractivity contribution in [3.8, 4) is 11.5 Å². The highest BCUT2D eigenvalue weighted by molar-refractivity contribution is 7.99. The average Bonchev–Trinajstić information content (AvgIpc) is 3.29. The van der Waals surface area contributed by atoms with Crippen molar-refractivity contribution in [2.45, 2.75) is 24.4 Å². The van der Waals surface area contributed by atoms with Crippen LogP contribution in [0, 0.1) is 0 Å². The zero-order chi connectivity index (χ0) is 19.8. The maximum Gasteiger partial charge on any atom is 0.262 e. The van der Waals surface area contributed by atoms with Crippen LogP contribution in [0.1, 0.15) is 27.2 Å². The van der Waals surface area contributed by atoms with Crippen LogP contribution < -0.4 is 15.0 Å². The number of ketones is 1. The molecular weight excluding hydrogens is 396 g/mol. The van der Waals surface area contributed by atoms with Crippen molar-refractivity contribution < 1.29 is 14.3 Å². The summed E-state index contributed by atoms with van der Waals surface area (Å²) in [6.07, 6.45) is 3.09. The molecule has 6 nitrogen and oxygen atoms in total. The number of aryl methyl sites for hydroxylation is 2. The summed E-state index contributed by atoms with van der Waals surface area (Å²) in [4.78, 5) is 32.2. The van der Waals surface area contributed by atoms with Crippen LogP contribution in [0.5, 0.6) is 11.5 Å². The molecule has 0 fully saturated rings. The van der Waals surface area contributed by atoms with E-state index in [0.29, 0.717) is 22.2 Å². The highest BCUT2D eigenvalue weighted by Crippen LogP contribution is 2.35. The minimum absolute atomic E-state index is 0.0227. The number of carbonyl (C=O) groups is 1. The number of fused-ring (bicyclic) bond motifs is 3. The van der Waals surface area contributed by atoms with Crippen molar-refractivity contribution in [1.29, 1.82) is 0 Å². The summed E-state index contributed by atoms with van der Waals surface area (Å²) in [7, 11) is 4.81. The van der Waals surface area contributed by atoms with Crippen LogP contribution in [0.2, 0.25) is 0 Å². The molecule has 2 aromatic heterocycles. The Hall–Kier alpha value is -2.32. The molecule has 0 saturated heterocycles. The van der Waals surface area contributed by atoms with E-state index in [0.717, 1.165) is 29.5 Å². The van der Waals surface area contributed by atoms with Gasteiger partial charge in [0.25, 0.3) is 5.56 Å². The van der Waals surface area contributed by atoms with Gasteiger partial charge in [-0.3, -0.25) is 14.2 Å². The van der Waals surface area contributed by atoms with E-state index >= 15 is 0 Å². The molecule has 0 aliphatic heterocycles. The summed E-state index contributed by atoms with van der Waals surface area (Å²) >= 11 is 2.89. The number of Topliss-reactive ketones (excluding diaryl/α,β-unsaturated/α-hetero) is 1. The fourth-order valence-corrected chi connectivity index (χ4v) is 5.63. The number of nitrogens with zero attached hydrogens (tertiary/aromatic N) is 2. The number of benzene rings is 1. The minimum Gasteiger partial charge on any atom is -0.493 e. The third kappa shape index (κ3) is 3.20. The van der Waals surface area contributed by atoms with Crippen LogP contribution in [0.3, 0.4) is 0 Å². The fraction of sp³-hybridized carbons (Fsp3) is 0.350. The topological polar surface area (TPSA) is 70.4 Å². The van der Waals surface area contributed by atoms with Crippen molar-refractivity contribution >= 4 is 39.1 Å². The van der Waals surface area contributed by atoms with Crippen molar-refractivity contribution in [3.63, 3.8) is 0 Å². The lowest BCUT2D eigenvalue weighted by molar-refractivity contribution is 0.102. The molecule has 8 heteroatoms. The Morgan fingerprint density at radius 3 is 2.79 bits per heavy atom. The molecule has 1 aliphatic carbocycles.